The van der Waals surface area contributed by atoms with E-state index in [1.807, 2.05) is 0 Å². The number of ether oxygens (including phenoxy) is 1. The summed E-state index contributed by atoms with van der Waals surface area (Å²) in [6, 6.07) is 10.1. The summed E-state index contributed by atoms with van der Waals surface area (Å²) in [7, 11) is 1.58. The maximum absolute atomic E-state index is 5.96. The van der Waals surface area contributed by atoms with E-state index in [0.29, 0.717) is 11.0 Å². The van der Waals surface area contributed by atoms with Crippen LogP contribution in [0.3, 0.4) is 0 Å². The summed E-state index contributed by atoms with van der Waals surface area (Å²) in [5, 5.41) is 8.57. The largest absolute Gasteiger partial charge is 0.480 e. The molecule has 0 aliphatic carbocycles. The van der Waals surface area contributed by atoms with Crippen LogP contribution in [0, 0.1) is 0 Å². The van der Waals surface area contributed by atoms with Crippen LogP contribution in [0.25, 0.3) is 22.2 Å². The number of methoxy groups -OCH3 is 1. The third kappa shape index (κ3) is 2.12. The van der Waals surface area contributed by atoms with Crippen molar-refractivity contribution >= 4 is 22.5 Å². The normalized spacial score (nSPS) is 10.9. The fourth-order valence-electron chi connectivity index (χ4n) is 2.24. The summed E-state index contributed by atoms with van der Waals surface area (Å²) in [6.45, 7) is 2.13. The van der Waals surface area contributed by atoms with Gasteiger partial charge in [-0.3, -0.25) is 5.10 Å². The minimum Gasteiger partial charge on any atom is -0.480 e. The number of rotatable bonds is 3. The molecule has 0 saturated carbocycles. The van der Waals surface area contributed by atoms with Crippen LogP contribution < -0.4 is 4.74 Å². The number of nitrogens with zero attached hydrogens (tertiary/aromatic N) is 2. The van der Waals surface area contributed by atoms with E-state index in [-0.39, 0.29) is 0 Å². The van der Waals surface area contributed by atoms with Crippen molar-refractivity contribution in [3.8, 4) is 17.1 Å². The van der Waals surface area contributed by atoms with Gasteiger partial charge in [-0.15, -0.1) is 0 Å². The van der Waals surface area contributed by atoms with Gasteiger partial charge in [-0.25, -0.2) is 4.98 Å². The van der Waals surface area contributed by atoms with Crippen molar-refractivity contribution in [3.05, 3.63) is 41.0 Å². The molecule has 1 aromatic carbocycles. The highest BCUT2D eigenvalue weighted by molar-refractivity contribution is 6.30. The summed E-state index contributed by atoms with van der Waals surface area (Å²) < 4.78 is 5.32. The fourth-order valence-corrected chi connectivity index (χ4v) is 2.42. The minimum absolute atomic E-state index is 0.380. The highest BCUT2D eigenvalue weighted by Crippen LogP contribution is 2.33. The lowest BCUT2D eigenvalue weighted by molar-refractivity contribution is 0.403. The number of hydrogen-bond acceptors (Lipinski definition) is 3. The Bertz CT molecular complexity index is 750. The zero-order valence-electron chi connectivity index (χ0n) is 11.3. The molecule has 0 aliphatic heterocycles. The molecular formula is C15H14ClN3O. The van der Waals surface area contributed by atoms with Gasteiger partial charge in [-0.05, 0) is 12.0 Å². The van der Waals surface area contributed by atoms with Crippen LogP contribution in [0.5, 0.6) is 5.88 Å². The van der Waals surface area contributed by atoms with E-state index in [4.69, 9.17) is 16.3 Å². The second-order valence-electron chi connectivity index (χ2n) is 4.50. The van der Waals surface area contributed by atoms with Gasteiger partial charge in [0.1, 0.15) is 10.8 Å². The van der Waals surface area contributed by atoms with Crippen molar-refractivity contribution in [2.75, 3.05) is 7.11 Å². The number of hydrogen-bond donors (Lipinski definition) is 1. The first kappa shape index (κ1) is 12.9. The lowest BCUT2D eigenvalue weighted by Crippen LogP contribution is -1.90. The highest BCUT2D eigenvalue weighted by Gasteiger charge is 2.15. The molecule has 0 radical (unpaired) electrons. The van der Waals surface area contributed by atoms with Gasteiger partial charge >= 0.3 is 0 Å². The SMILES string of the molecule is CCc1ccc(-c2n[nH]c3cc(Cl)nc(OC)c23)cc1. The maximum Gasteiger partial charge on any atom is 0.226 e. The Morgan fingerprint density at radius 1 is 1.25 bits per heavy atom. The van der Waals surface area contributed by atoms with E-state index in [1.165, 1.54) is 5.56 Å². The monoisotopic (exact) mass is 287 g/mol. The van der Waals surface area contributed by atoms with Gasteiger partial charge in [0.05, 0.1) is 18.0 Å². The molecule has 0 saturated heterocycles. The average Bonchev–Trinajstić information content (AvgIpc) is 2.90. The Morgan fingerprint density at radius 3 is 2.65 bits per heavy atom. The Labute approximate surface area is 121 Å². The van der Waals surface area contributed by atoms with Crippen LogP contribution in [-0.4, -0.2) is 22.3 Å². The van der Waals surface area contributed by atoms with Crippen molar-refractivity contribution in [3.63, 3.8) is 0 Å². The zero-order valence-corrected chi connectivity index (χ0v) is 12.0. The van der Waals surface area contributed by atoms with Crippen molar-refractivity contribution in [2.45, 2.75) is 13.3 Å². The number of halogens is 1. The van der Waals surface area contributed by atoms with Crippen molar-refractivity contribution in [1.82, 2.24) is 15.2 Å². The maximum atomic E-state index is 5.96. The second kappa shape index (κ2) is 5.13. The molecule has 0 amide bonds. The summed E-state index contributed by atoms with van der Waals surface area (Å²) in [4.78, 5) is 4.20. The second-order valence-corrected chi connectivity index (χ2v) is 4.89. The molecule has 3 aromatic rings. The summed E-state index contributed by atoms with van der Waals surface area (Å²) >= 11 is 5.96. The van der Waals surface area contributed by atoms with Gasteiger partial charge in [0.15, 0.2) is 0 Å². The van der Waals surface area contributed by atoms with Crippen LogP contribution in [0.1, 0.15) is 12.5 Å². The quantitative estimate of drug-likeness (QED) is 0.745. The molecular weight excluding hydrogens is 274 g/mol. The topological polar surface area (TPSA) is 50.8 Å². The fraction of sp³-hybridized carbons (Fsp3) is 0.200. The first-order valence-electron chi connectivity index (χ1n) is 6.41. The smallest absolute Gasteiger partial charge is 0.226 e. The number of pyridine rings is 1. The lowest BCUT2D eigenvalue weighted by Gasteiger charge is -2.04. The summed E-state index contributed by atoms with van der Waals surface area (Å²) in [5.41, 5.74) is 3.96. The summed E-state index contributed by atoms with van der Waals surface area (Å²) in [6.07, 6.45) is 1.02. The molecule has 0 spiro atoms. The van der Waals surface area contributed by atoms with E-state index in [9.17, 15) is 0 Å². The van der Waals surface area contributed by atoms with Gasteiger partial charge in [-0.1, -0.05) is 42.8 Å². The van der Waals surface area contributed by atoms with E-state index in [1.54, 1.807) is 13.2 Å². The van der Waals surface area contributed by atoms with Crippen LogP contribution in [0.2, 0.25) is 5.15 Å². The average molecular weight is 288 g/mol. The Kier molecular flexibility index (Phi) is 3.32. The molecule has 102 valence electrons. The third-order valence-electron chi connectivity index (χ3n) is 3.31. The molecule has 2 heterocycles. The summed E-state index contributed by atoms with van der Waals surface area (Å²) in [5.74, 6) is 0.482. The Balaban J connectivity index is 2.20. The van der Waals surface area contributed by atoms with Crippen LogP contribution in [0.4, 0.5) is 0 Å². The van der Waals surface area contributed by atoms with Gasteiger partial charge in [0, 0.05) is 11.6 Å². The predicted molar refractivity (Wildman–Crippen MR) is 80.3 cm³/mol. The molecule has 20 heavy (non-hydrogen) atoms. The van der Waals surface area contributed by atoms with Gasteiger partial charge in [0.2, 0.25) is 5.88 Å². The highest BCUT2D eigenvalue weighted by atomic mass is 35.5. The first-order chi connectivity index (χ1) is 9.72. The number of nitrogens with one attached hydrogen (secondary N) is 1. The molecule has 0 unspecified atom stereocenters. The molecule has 0 fully saturated rings. The Hall–Kier alpha value is -2.07. The number of aromatic amines is 1. The van der Waals surface area contributed by atoms with Crippen LogP contribution in [-0.2, 0) is 6.42 Å². The molecule has 1 N–H and O–H groups in total. The van der Waals surface area contributed by atoms with E-state index in [0.717, 1.165) is 28.6 Å². The number of benzene rings is 1. The predicted octanol–water partition coefficient (Wildman–Crippen LogP) is 3.85. The van der Waals surface area contributed by atoms with Crippen molar-refractivity contribution in [2.24, 2.45) is 0 Å². The van der Waals surface area contributed by atoms with E-state index < -0.39 is 0 Å². The van der Waals surface area contributed by atoms with Gasteiger partial charge < -0.3 is 4.74 Å². The van der Waals surface area contributed by atoms with Crippen molar-refractivity contribution < 1.29 is 4.74 Å². The molecule has 0 bridgehead atoms. The van der Waals surface area contributed by atoms with Gasteiger partial charge in [-0.2, -0.15) is 5.10 Å². The molecule has 0 aliphatic rings. The van der Waals surface area contributed by atoms with Crippen LogP contribution in [0.15, 0.2) is 30.3 Å². The number of aryl methyl sites for hydroxylation is 1. The minimum atomic E-state index is 0.380. The molecule has 4 nitrogen and oxygen atoms in total. The third-order valence-corrected chi connectivity index (χ3v) is 3.50. The van der Waals surface area contributed by atoms with Gasteiger partial charge in [0.25, 0.3) is 0 Å². The van der Waals surface area contributed by atoms with E-state index in [2.05, 4.69) is 46.4 Å². The van der Waals surface area contributed by atoms with E-state index >= 15 is 0 Å². The van der Waals surface area contributed by atoms with Crippen molar-refractivity contribution in [1.29, 1.82) is 0 Å². The number of H-pyrrole nitrogens is 1. The molecule has 2 aromatic heterocycles. The standard InChI is InChI=1S/C15H14ClN3O/c1-3-9-4-6-10(7-5-9)14-13-11(18-19-14)8-12(16)17-15(13)20-2/h4-8H,3H2,1-2H3,(H,18,19). The molecule has 0 atom stereocenters. The number of fused-ring (bicyclic) bond motifs is 1. The first-order valence-corrected chi connectivity index (χ1v) is 6.78. The lowest BCUT2D eigenvalue weighted by atomic mass is 10.1. The number of aromatic nitrogens is 3. The van der Waals surface area contributed by atoms with Crippen LogP contribution >= 0.6 is 11.6 Å². The molecule has 3 rings (SSSR count). The zero-order chi connectivity index (χ0) is 14.1. The Morgan fingerprint density at radius 2 is 2.00 bits per heavy atom. The molecule has 5 heteroatoms.